The molecule has 0 aromatic rings. The summed E-state index contributed by atoms with van der Waals surface area (Å²) < 4.78 is 5.79. The van der Waals surface area contributed by atoms with Crippen LogP contribution in [0.25, 0.3) is 0 Å². The van der Waals surface area contributed by atoms with E-state index in [-0.39, 0.29) is 0 Å². The Morgan fingerprint density at radius 1 is 1.14 bits per heavy atom. The quantitative estimate of drug-likeness (QED) is 0.648. The Morgan fingerprint density at radius 3 is 2.29 bits per heavy atom. The SMILES string of the molecule is CCCOC1CCC(C(C)CC)CC1. The molecule has 1 atom stereocenters. The molecule has 1 nitrogen and oxygen atoms in total. The minimum absolute atomic E-state index is 0.579. The summed E-state index contributed by atoms with van der Waals surface area (Å²) in [6.07, 6.45) is 8.46. The van der Waals surface area contributed by atoms with Crippen LogP contribution in [0.2, 0.25) is 0 Å². The summed E-state index contributed by atoms with van der Waals surface area (Å²) in [6, 6.07) is 0. The van der Waals surface area contributed by atoms with Crippen LogP contribution in [0.1, 0.15) is 59.3 Å². The average Bonchev–Trinajstić information content (AvgIpc) is 2.26. The van der Waals surface area contributed by atoms with E-state index in [1.165, 1.54) is 32.1 Å². The molecule has 1 fully saturated rings. The maximum absolute atomic E-state index is 5.79. The standard InChI is InChI=1S/C13H26O/c1-4-10-14-13-8-6-12(7-9-13)11(3)5-2/h11-13H,4-10H2,1-3H3. The fraction of sp³-hybridized carbons (Fsp3) is 1.00. The molecule has 0 saturated heterocycles. The molecule has 1 heteroatoms. The fourth-order valence-electron chi connectivity index (χ4n) is 2.44. The van der Waals surface area contributed by atoms with Gasteiger partial charge in [-0.3, -0.25) is 0 Å². The van der Waals surface area contributed by atoms with Gasteiger partial charge in [0.2, 0.25) is 0 Å². The van der Waals surface area contributed by atoms with E-state index in [4.69, 9.17) is 4.74 Å². The van der Waals surface area contributed by atoms with Crippen molar-refractivity contribution >= 4 is 0 Å². The van der Waals surface area contributed by atoms with Gasteiger partial charge in [0.25, 0.3) is 0 Å². The topological polar surface area (TPSA) is 9.23 Å². The first-order valence-corrected chi connectivity index (χ1v) is 6.39. The van der Waals surface area contributed by atoms with E-state index in [1.807, 2.05) is 0 Å². The molecule has 1 saturated carbocycles. The molecule has 0 aromatic carbocycles. The van der Waals surface area contributed by atoms with Gasteiger partial charge in [-0.25, -0.2) is 0 Å². The molecular formula is C13H26O. The minimum atomic E-state index is 0.579. The highest BCUT2D eigenvalue weighted by atomic mass is 16.5. The smallest absolute Gasteiger partial charge is 0.0575 e. The maximum Gasteiger partial charge on any atom is 0.0575 e. The van der Waals surface area contributed by atoms with E-state index >= 15 is 0 Å². The Bertz CT molecular complexity index is 136. The molecule has 0 aromatic heterocycles. The number of hydrogen-bond acceptors (Lipinski definition) is 1. The van der Waals surface area contributed by atoms with Crippen molar-refractivity contribution in [2.75, 3.05) is 6.61 Å². The summed E-state index contributed by atoms with van der Waals surface area (Å²) in [7, 11) is 0. The molecule has 1 unspecified atom stereocenters. The Kier molecular flexibility index (Phi) is 5.54. The van der Waals surface area contributed by atoms with Gasteiger partial charge in [-0.05, 0) is 43.9 Å². The molecule has 84 valence electrons. The lowest BCUT2D eigenvalue weighted by Crippen LogP contribution is -2.25. The van der Waals surface area contributed by atoms with E-state index in [9.17, 15) is 0 Å². The molecule has 0 amide bonds. The maximum atomic E-state index is 5.79. The highest BCUT2D eigenvalue weighted by Gasteiger charge is 2.24. The lowest BCUT2D eigenvalue weighted by Gasteiger charge is -2.31. The van der Waals surface area contributed by atoms with Crippen LogP contribution < -0.4 is 0 Å². The van der Waals surface area contributed by atoms with Crippen LogP contribution in [0.5, 0.6) is 0 Å². The summed E-state index contributed by atoms with van der Waals surface area (Å²) in [4.78, 5) is 0. The Morgan fingerprint density at radius 2 is 1.79 bits per heavy atom. The Balaban J connectivity index is 2.17. The molecule has 14 heavy (non-hydrogen) atoms. The van der Waals surface area contributed by atoms with E-state index in [2.05, 4.69) is 20.8 Å². The predicted octanol–water partition coefficient (Wildman–Crippen LogP) is 4.02. The van der Waals surface area contributed by atoms with Crippen molar-refractivity contribution in [2.45, 2.75) is 65.4 Å². The second-order valence-corrected chi connectivity index (χ2v) is 4.79. The lowest BCUT2D eigenvalue weighted by atomic mass is 9.79. The third-order valence-corrected chi connectivity index (χ3v) is 3.73. The average molecular weight is 198 g/mol. The van der Waals surface area contributed by atoms with Crippen LogP contribution in [0.4, 0.5) is 0 Å². The molecular weight excluding hydrogens is 172 g/mol. The van der Waals surface area contributed by atoms with E-state index < -0.39 is 0 Å². The van der Waals surface area contributed by atoms with Crippen LogP contribution in [0.15, 0.2) is 0 Å². The van der Waals surface area contributed by atoms with Crippen molar-refractivity contribution in [1.29, 1.82) is 0 Å². The highest BCUT2D eigenvalue weighted by molar-refractivity contribution is 4.75. The zero-order valence-corrected chi connectivity index (χ0v) is 10.1. The summed E-state index contributed by atoms with van der Waals surface area (Å²) in [5.41, 5.74) is 0. The monoisotopic (exact) mass is 198 g/mol. The van der Waals surface area contributed by atoms with Gasteiger partial charge in [0.1, 0.15) is 0 Å². The molecule has 0 spiro atoms. The summed E-state index contributed by atoms with van der Waals surface area (Å²) in [5.74, 6) is 1.89. The normalized spacial score (nSPS) is 30.2. The van der Waals surface area contributed by atoms with Crippen LogP contribution >= 0.6 is 0 Å². The van der Waals surface area contributed by atoms with Crippen molar-refractivity contribution in [2.24, 2.45) is 11.8 Å². The predicted molar refractivity (Wildman–Crippen MR) is 61.4 cm³/mol. The van der Waals surface area contributed by atoms with Gasteiger partial charge in [-0.2, -0.15) is 0 Å². The highest BCUT2D eigenvalue weighted by Crippen LogP contribution is 2.32. The zero-order chi connectivity index (χ0) is 10.4. The summed E-state index contributed by atoms with van der Waals surface area (Å²) >= 11 is 0. The van der Waals surface area contributed by atoms with Crippen LogP contribution in [0, 0.1) is 11.8 Å². The Hall–Kier alpha value is -0.0400. The lowest BCUT2D eigenvalue weighted by molar-refractivity contribution is 0.0123. The second kappa shape index (κ2) is 6.44. The first-order chi connectivity index (χ1) is 6.77. The molecule has 1 rings (SSSR count). The largest absolute Gasteiger partial charge is 0.378 e. The van der Waals surface area contributed by atoms with Crippen LogP contribution in [-0.2, 0) is 4.74 Å². The van der Waals surface area contributed by atoms with E-state index in [0.717, 1.165) is 24.9 Å². The fourth-order valence-corrected chi connectivity index (χ4v) is 2.44. The Labute approximate surface area is 89.2 Å². The van der Waals surface area contributed by atoms with Crippen molar-refractivity contribution in [3.05, 3.63) is 0 Å². The molecule has 0 heterocycles. The minimum Gasteiger partial charge on any atom is -0.378 e. The van der Waals surface area contributed by atoms with E-state index in [1.54, 1.807) is 0 Å². The second-order valence-electron chi connectivity index (χ2n) is 4.79. The van der Waals surface area contributed by atoms with Gasteiger partial charge in [-0.1, -0.05) is 27.2 Å². The van der Waals surface area contributed by atoms with Gasteiger partial charge >= 0.3 is 0 Å². The van der Waals surface area contributed by atoms with Gasteiger partial charge in [0, 0.05) is 6.61 Å². The first kappa shape index (κ1) is 12.0. The first-order valence-electron chi connectivity index (χ1n) is 6.39. The third-order valence-electron chi connectivity index (χ3n) is 3.73. The number of rotatable bonds is 5. The van der Waals surface area contributed by atoms with Crippen LogP contribution in [-0.4, -0.2) is 12.7 Å². The number of hydrogen-bond donors (Lipinski definition) is 0. The third kappa shape index (κ3) is 3.61. The van der Waals surface area contributed by atoms with Crippen LogP contribution in [0.3, 0.4) is 0 Å². The molecule has 0 aliphatic heterocycles. The van der Waals surface area contributed by atoms with Gasteiger partial charge < -0.3 is 4.74 Å². The summed E-state index contributed by atoms with van der Waals surface area (Å²) in [6.45, 7) is 7.85. The van der Waals surface area contributed by atoms with Gasteiger partial charge in [-0.15, -0.1) is 0 Å². The van der Waals surface area contributed by atoms with Gasteiger partial charge in [0.15, 0.2) is 0 Å². The van der Waals surface area contributed by atoms with E-state index in [0.29, 0.717) is 6.10 Å². The van der Waals surface area contributed by atoms with Crippen molar-refractivity contribution in [1.82, 2.24) is 0 Å². The molecule has 0 N–H and O–H groups in total. The van der Waals surface area contributed by atoms with Gasteiger partial charge in [0.05, 0.1) is 6.10 Å². The van der Waals surface area contributed by atoms with Crippen molar-refractivity contribution in [3.8, 4) is 0 Å². The van der Waals surface area contributed by atoms with Crippen molar-refractivity contribution < 1.29 is 4.74 Å². The molecule has 1 aliphatic rings. The zero-order valence-electron chi connectivity index (χ0n) is 10.1. The molecule has 0 radical (unpaired) electrons. The number of ether oxygens (including phenoxy) is 1. The summed E-state index contributed by atoms with van der Waals surface area (Å²) in [5, 5.41) is 0. The van der Waals surface area contributed by atoms with Crippen molar-refractivity contribution in [3.63, 3.8) is 0 Å². The molecule has 0 bridgehead atoms. The molecule has 1 aliphatic carbocycles.